The zero-order valence-electron chi connectivity index (χ0n) is 9.88. The molecule has 2 aromatic rings. The normalized spacial score (nSPS) is 9.63. The monoisotopic (exact) mass is 321 g/mol. The molecule has 0 unspecified atom stereocenters. The van der Waals surface area contributed by atoms with Gasteiger partial charge in [-0.1, -0.05) is 30.0 Å². The van der Waals surface area contributed by atoms with Crippen LogP contribution in [0.3, 0.4) is 0 Å². The van der Waals surface area contributed by atoms with E-state index in [1.165, 1.54) is 6.07 Å². The van der Waals surface area contributed by atoms with Crippen molar-refractivity contribution in [2.75, 3.05) is 11.9 Å². The average molecular weight is 322 g/mol. The smallest absolute Gasteiger partial charge is 0.149 e. The van der Waals surface area contributed by atoms with Crippen molar-refractivity contribution in [2.24, 2.45) is 0 Å². The van der Waals surface area contributed by atoms with Crippen LogP contribution in [0.1, 0.15) is 5.56 Å². The largest absolute Gasteiger partial charge is 0.372 e. The third-order valence-corrected chi connectivity index (χ3v) is 2.99. The summed E-state index contributed by atoms with van der Waals surface area (Å²) in [5.74, 6) is 4.55. The van der Waals surface area contributed by atoms with Gasteiger partial charge in [-0.05, 0) is 34.1 Å². The number of anilines is 1. The summed E-state index contributed by atoms with van der Waals surface area (Å²) in [7, 11) is 0. The minimum atomic E-state index is -0.637. The number of halogens is 3. The van der Waals surface area contributed by atoms with Gasteiger partial charge >= 0.3 is 0 Å². The maximum atomic E-state index is 13.4. The summed E-state index contributed by atoms with van der Waals surface area (Å²) in [6.07, 6.45) is 0. The van der Waals surface area contributed by atoms with Gasteiger partial charge in [0, 0.05) is 11.6 Å². The minimum absolute atomic E-state index is 0.215. The molecule has 96 valence electrons. The van der Waals surface area contributed by atoms with E-state index in [2.05, 4.69) is 33.1 Å². The highest BCUT2D eigenvalue weighted by Gasteiger charge is 2.06. The van der Waals surface area contributed by atoms with Gasteiger partial charge in [-0.2, -0.15) is 0 Å². The van der Waals surface area contributed by atoms with Crippen LogP contribution in [0.25, 0.3) is 0 Å². The summed E-state index contributed by atoms with van der Waals surface area (Å²) in [6.45, 7) is 0.282. The third-order valence-electron chi connectivity index (χ3n) is 2.38. The van der Waals surface area contributed by atoms with E-state index in [9.17, 15) is 8.78 Å². The van der Waals surface area contributed by atoms with Crippen molar-refractivity contribution in [3.63, 3.8) is 0 Å². The third kappa shape index (κ3) is 3.80. The Kier molecular flexibility index (Phi) is 4.53. The first-order valence-electron chi connectivity index (χ1n) is 5.59. The number of hydrogen-bond donors (Lipinski definition) is 1. The standard InChI is InChI=1S/C15H10BrF2N/c16-12-9-15(14(18)10-13(12)17)19-8-4-7-11-5-2-1-3-6-11/h1-3,5-6,9-10,19H,8H2. The topological polar surface area (TPSA) is 12.0 Å². The van der Waals surface area contributed by atoms with E-state index >= 15 is 0 Å². The molecule has 0 fully saturated rings. The molecule has 0 aliphatic rings. The van der Waals surface area contributed by atoms with Gasteiger partial charge in [0.25, 0.3) is 0 Å². The molecule has 0 amide bonds. The van der Waals surface area contributed by atoms with E-state index in [0.29, 0.717) is 0 Å². The Morgan fingerprint density at radius 2 is 1.79 bits per heavy atom. The van der Waals surface area contributed by atoms with Crippen LogP contribution < -0.4 is 5.32 Å². The Balaban J connectivity index is 2.01. The lowest BCUT2D eigenvalue weighted by Crippen LogP contribution is -2.01. The van der Waals surface area contributed by atoms with Gasteiger partial charge in [0.1, 0.15) is 11.6 Å². The lowest BCUT2D eigenvalue weighted by Gasteiger charge is -2.05. The molecular formula is C15H10BrF2N. The SMILES string of the molecule is Fc1cc(F)c(NCC#Cc2ccccc2)cc1Br. The fourth-order valence-corrected chi connectivity index (χ4v) is 1.81. The lowest BCUT2D eigenvalue weighted by atomic mass is 10.2. The summed E-state index contributed by atoms with van der Waals surface area (Å²) in [5, 5.41) is 2.81. The highest BCUT2D eigenvalue weighted by Crippen LogP contribution is 2.23. The Hall–Kier alpha value is -1.86. The van der Waals surface area contributed by atoms with Gasteiger partial charge in [-0.25, -0.2) is 8.78 Å². The fraction of sp³-hybridized carbons (Fsp3) is 0.0667. The van der Waals surface area contributed by atoms with Crippen LogP contribution in [0.15, 0.2) is 46.9 Å². The van der Waals surface area contributed by atoms with E-state index in [1.807, 2.05) is 30.3 Å². The molecular weight excluding hydrogens is 312 g/mol. The molecule has 0 radical (unpaired) electrons. The van der Waals surface area contributed by atoms with Crippen molar-refractivity contribution in [1.82, 2.24) is 0 Å². The van der Waals surface area contributed by atoms with Crippen molar-refractivity contribution in [1.29, 1.82) is 0 Å². The number of nitrogens with one attached hydrogen (secondary N) is 1. The molecule has 1 N–H and O–H groups in total. The lowest BCUT2D eigenvalue weighted by molar-refractivity contribution is 0.581. The van der Waals surface area contributed by atoms with Gasteiger partial charge in [0.2, 0.25) is 0 Å². The van der Waals surface area contributed by atoms with E-state index in [-0.39, 0.29) is 16.7 Å². The Morgan fingerprint density at radius 1 is 1.05 bits per heavy atom. The first-order valence-corrected chi connectivity index (χ1v) is 6.38. The van der Waals surface area contributed by atoms with Crippen molar-refractivity contribution >= 4 is 21.6 Å². The minimum Gasteiger partial charge on any atom is -0.372 e. The van der Waals surface area contributed by atoms with Crippen molar-refractivity contribution in [3.8, 4) is 11.8 Å². The number of benzene rings is 2. The molecule has 19 heavy (non-hydrogen) atoms. The summed E-state index contributed by atoms with van der Waals surface area (Å²) in [6, 6.07) is 11.7. The molecule has 0 heterocycles. The second kappa shape index (κ2) is 6.35. The second-order valence-electron chi connectivity index (χ2n) is 3.77. The number of rotatable bonds is 2. The molecule has 1 nitrogen and oxygen atoms in total. The molecule has 4 heteroatoms. The summed E-state index contributed by atoms with van der Waals surface area (Å²) in [5.41, 5.74) is 1.11. The Bertz CT molecular complexity index is 630. The molecule has 0 aliphatic carbocycles. The molecule has 0 saturated carbocycles. The van der Waals surface area contributed by atoms with Crippen LogP contribution in [0.5, 0.6) is 0 Å². The zero-order valence-corrected chi connectivity index (χ0v) is 11.5. The van der Waals surface area contributed by atoms with E-state index in [0.717, 1.165) is 11.6 Å². The predicted octanol–water partition coefficient (Wildman–Crippen LogP) is 4.19. The fourth-order valence-electron chi connectivity index (χ4n) is 1.47. The first-order chi connectivity index (χ1) is 9.16. The van der Waals surface area contributed by atoms with Crippen molar-refractivity contribution < 1.29 is 8.78 Å². The van der Waals surface area contributed by atoms with Crippen LogP contribution in [0, 0.1) is 23.5 Å². The quantitative estimate of drug-likeness (QED) is 0.646. The zero-order chi connectivity index (χ0) is 13.7. The molecule has 2 aromatic carbocycles. The van der Waals surface area contributed by atoms with Gasteiger partial charge in [-0.3, -0.25) is 0 Å². The summed E-state index contributed by atoms with van der Waals surface area (Å²) < 4.78 is 26.7. The van der Waals surface area contributed by atoms with Gasteiger partial charge in [-0.15, -0.1) is 0 Å². The van der Waals surface area contributed by atoms with Crippen molar-refractivity contribution in [2.45, 2.75) is 0 Å². The maximum absolute atomic E-state index is 13.4. The van der Waals surface area contributed by atoms with E-state index in [4.69, 9.17) is 0 Å². The number of hydrogen-bond acceptors (Lipinski definition) is 1. The molecule has 2 rings (SSSR count). The highest BCUT2D eigenvalue weighted by molar-refractivity contribution is 9.10. The molecule has 0 aliphatic heterocycles. The maximum Gasteiger partial charge on any atom is 0.149 e. The first kappa shape index (κ1) is 13.6. The molecule has 0 saturated heterocycles. The Morgan fingerprint density at radius 3 is 2.53 bits per heavy atom. The highest BCUT2D eigenvalue weighted by atomic mass is 79.9. The van der Waals surface area contributed by atoms with E-state index in [1.54, 1.807) is 0 Å². The van der Waals surface area contributed by atoms with Crippen LogP contribution >= 0.6 is 15.9 Å². The van der Waals surface area contributed by atoms with Crippen molar-refractivity contribution in [3.05, 3.63) is 64.1 Å². The van der Waals surface area contributed by atoms with Gasteiger partial charge in [0.15, 0.2) is 0 Å². The van der Waals surface area contributed by atoms with Crippen LogP contribution in [-0.2, 0) is 0 Å². The molecule has 0 atom stereocenters. The van der Waals surface area contributed by atoms with Gasteiger partial charge < -0.3 is 5.32 Å². The Labute approximate surface area is 118 Å². The summed E-state index contributed by atoms with van der Waals surface area (Å²) >= 11 is 3.01. The predicted molar refractivity (Wildman–Crippen MR) is 75.9 cm³/mol. The van der Waals surface area contributed by atoms with Crippen LogP contribution in [-0.4, -0.2) is 6.54 Å². The van der Waals surface area contributed by atoms with E-state index < -0.39 is 11.6 Å². The van der Waals surface area contributed by atoms with Crippen LogP contribution in [0.4, 0.5) is 14.5 Å². The molecule has 0 spiro atoms. The second-order valence-corrected chi connectivity index (χ2v) is 4.62. The van der Waals surface area contributed by atoms with Crippen LogP contribution in [0.2, 0.25) is 0 Å². The molecule has 0 aromatic heterocycles. The van der Waals surface area contributed by atoms with Gasteiger partial charge in [0.05, 0.1) is 16.7 Å². The average Bonchev–Trinajstić information content (AvgIpc) is 2.41. The molecule has 0 bridgehead atoms. The summed E-state index contributed by atoms with van der Waals surface area (Å²) in [4.78, 5) is 0.